The van der Waals surface area contributed by atoms with E-state index in [0.29, 0.717) is 12.5 Å². The third-order valence-electron chi connectivity index (χ3n) is 3.68. The Morgan fingerprint density at radius 3 is 2.55 bits per heavy atom. The molecule has 3 N–H and O–H groups in total. The third kappa shape index (κ3) is 7.64. The number of piperidine rings is 1. The molecule has 1 saturated heterocycles. The largest absolute Gasteiger partial charge is 0.444 e. The van der Waals surface area contributed by atoms with E-state index in [4.69, 9.17) is 10.5 Å². The quantitative estimate of drug-likeness (QED) is 0.784. The second-order valence-electron chi connectivity index (χ2n) is 7.25. The summed E-state index contributed by atoms with van der Waals surface area (Å²) in [6, 6.07) is 0.00445. The molecule has 6 nitrogen and oxygen atoms in total. The van der Waals surface area contributed by atoms with Crippen molar-refractivity contribution in [2.75, 3.05) is 19.6 Å². The van der Waals surface area contributed by atoms with Crippen LogP contribution in [0.2, 0.25) is 0 Å². The highest BCUT2D eigenvalue weighted by Crippen LogP contribution is 2.22. The number of hydrogen-bond acceptors (Lipinski definition) is 4. The van der Waals surface area contributed by atoms with Crippen LogP contribution in [0.1, 0.15) is 53.4 Å². The second kappa shape index (κ2) is 8.36. The van der Waals surface area contributed by atoms with Gasteiger partial charge in [-0.1, -0.05) is 19.8 Å². The van der Waals surface area contributed by atoms with Gasteiger partial charge in [-0.05, 0) is 39.5 Å². The monoisotopic (exact) mass is 313 g/mol. The summed E-state index contributed by atoms with van der Waals surface area (Å²) in [7, 11) is 0. The Labute approximate surface area is 133 Å². The first-order valence-electron chi connectivity index (χ1n) is 8.19. The van der Waals surface area contributed by atoms with Gasteiger partial charge in [0.1, 0.15) is 5.60 Å². The molecule has 128 valence electrons. The van der Waals surface area contributed by atoms with Crippen LogP contribution in [0.5, 0.6) is 0 Å². The average molecular weight is 313 g/mol. The lowest BCUT2D eigenvalue weighted by Gasteiger charge is -2.37. The molecule has 2 amide bonds. The van der Waals surface area contributed by atoms with Crippen LogP contribution in [-0.4, -0.2) is 48.2 Å². The van der Waals surface area contributed by atoms with E-state index in [-0.39, 0.29) is 18.5 Å². The molecule has 0 saturated carbocycles. The molecular formula is C16H31N3O3. The fourth-order valence-corrected chi connectivity index (χ4v) is 2.93. The first kappa shape index (κ1) is 18.7. The molecule has 6 heteroatoms. The SMILES string of the molecule is CCCCC1CC(NC(=O)OC(C)(C)C)CN(CC(N)=O)C1. The lowest BCUT2D eigenvalue weighted by atomic mass is 9.90. The molecule has 1 fully saturated rings. The minimum absolute atomic E-state index is 0.00445. The highest BCUT2D eigenvalue weighted by Gasteiger charge is 2.29. The van der Waals surface area contributed by atoms with E-state index in [1.165, 1.54) is 0 Å². The highest BCUT2D eigenvalue weighted by atomic mass is 16.6. The summed E-state index contributed by atoms with van der Waals surface area (Å²) in [5, 5.41) is 2.93. The number of alkyl carbamates (subject to hydrolysis) is 1. The van der Waals surface area contributed by atoms with Crippen molar-refractivity contribution < 1.29 is 14.3 Å². The molecule has 0 bridgehead atoms. The highest BCUT2D eigenvalue weighted by molar-refractivity contribution is 5.76. The number of carbonyl (C=O) groups is 2. The summed E-state index contributed by atoms with van der Waals surface area (Å²) in [6.45, 7) is 9.46. The Balaban J connectivity index is 2.58. The minimum atomic E-state index is -0.507. The number of hydrogen-bond donors (Lipinski definition) is 2. The van der Waals surface area contributed by atoms with Crippen LogP contribution < -0.4 is 11.1 Å². The second-order valence-corrected chi connectivity index (χ2v) is 7.25. The fourth-order valence-electron chi connectivity index (χ4n) is 2.93. The number of nitrogens with zero attached hydrogens (tertiary/aromatic N) is 1. The third-order valence-corrected chi connectivity index (χ3v) is 3.68. The number of nitrogens with two attached hydrogens (primary N) is 1. The van der Waals surface area contributed by atoms with Crippen molar-refractivity contribution in [1.29, 1.82) is 0 Å². The van der Waals surface area contributed by atoms with Crippen molar-refractivity contribution >= 4 is 12.0 Å². The van der Waals surface area contributed by atoms with Gasteiger partial charge in [0.05, 0.1) is 6.54 Å². The van der Waals surface area contributed by atoms with Gasteiger partial charge in [0.25, 0.3) is 0 Å². The minimum Gasteiger partial charge on any atom is -0.444 e. The van der Waals surface area contributed by atoms with Crippen molar-refractivity contribution in [3.05, 3.63) is 0 Å². The van der Waals surface area contributed by atoms with Crippen LogP contribution in [0, 0.1) is 5.92 Å². The molecule has 0 radical (unpaired) electrons. The zero-order valence-electron chi connectivity index (χ0n) is 14.4. The molecule has 22 heavy (non-hydrogen) atoms. The van der Waals surface area contributed by atoms with Gasteiger partial charge in [0, 0.05) is 19.1 Å². The summed E-state index contributed by atoms with van der Waals surface area (Å²) < 4.78 is 5.31. The van der Waals surface area contributed by atoms with Gasteiger partial charge in [-0.15, -0.1) is 0 Å². The van der Waals surface area contributed by atoms with Crippen LogP contribution >= 0.6 is 0 Å². The predicted octanol–water partition coefficient (Wildman–Crippen LogP) is 1.88. The van der Waals surface area contributed by atoms with Crippen LogP contribution in [0.25, 0.3) is 0 Å². The van der Waals surface area contributed by atoms with E-state index in [2.05, 4.69) is 12.2 Å². The number of likely N-dealkylation sites (tertiary alicyclic amines) is 1. The van der Waals surface area contributed by atoms with Gasteiger partial charge in [-0.3, -0.25) is 9.69 Å². The van der Waals surface area contributed by atoms with E-state index < -0.39 is 11.7 Å². The van der Waals surface area contributed by atoms with E-state index in [9.17, 15) is 9.59 Å². The summed E-state index contributed by atoms with van der Waals surface area (Å²) in [4.78, 5) is 25.1. The van der Waals surface area contributed by atoms with Crippen molar-refractivity contribution in [2.24, 2.45) is 11.7 Å². The molecule has 0 aliphatic carbocycles. The van der Waals surface area contributed by atoms with Gasteiger partial charge in [-0.25, -0.2) is 4.79 Å². The molecule has 0 aromatic heterocycles. The maximum atomic E-state index is 11.9. The number of unbranched alkanes of at least 4 members (excludes halogenated alkanes) is 1. The number of carbonyl (C=O) groups excluding carboxylic acids is 2. The molecule has 1 rings (SSSR count). The summed E-state index contributed by atoms with van der Waals surface area (Å²) in [6.07, 6.45) is 3.95. The van der Waals surface area contributed by atoms with Gasteiger partial charge >= 0.3 is 6.09 Å². The zero-order valence-corrected chi connectivity index (χ0v) is 14.4. The van der Waals surface area contributed by atoms with E-state index in [1.807, 2.05) is 25.7 Å². The standard InChI is InChI=1S/C16H31N3O3/c1-5-6-7-12-8-13(10-19(9-12)11-14(17)20)18-15(21)22-16(2,3)4/h12-13H,5-11H2,1-4H3,(H2,17,20)(H,18,21). The Bertz CT molecular complexity index is 379. The molecule has 0 spiro atoms. The zero-order chi connectivity index (χ0) is 16.8. The fraction of sp³-hybridized carbons (Fsp3) is 0.875. The maximum absolute atomic E-state index is 11.9. The lowest BCUT2D eigenvalue weighted by Crippen LogP contribution is -2.53. The Kier molecular flexibility index (Phi) is 7.13. The number of rotatable bonds is 6. The Morgan fingerprint density at radius 2 is 2.00 bits per heavy atom. The molecule has 2 atom stereocenters. The first-order valence-corrected chi connectivity index (χ1v) is 8.19. The topological polar surface area (TPSA) is 84.7 Å². The van der Waals surface area contributed by atoms with Crippen LogP contribution in [0.15, 0.2) is 0 Å². The normalized spacial score (nSPS) is 23.1. The number of amides is 2. The van der Waals surface area contributed by atoms with Crippen LogP contribution in [0.3, 0.4) is 0 Å². The molecule has 1 aliphatic heterocycles. The van der Waals surface area contributed by atoms with Crippen LogP contribution in [0.4, 0.5) is 4.79 Å². The van der Waals surface area contributed by atoms with Crippen molar-refractivity contribution in [2.45, 2.75) is 65.0 Å². The summed E-state index contributed by atoms with van der Waals surface area (Å²) in [5.74, 6) is 0.153. The molecule has 1 heterocycles. The number of nitrogens with one attached hydrogen (secondary N) is 1. The molecule has 2 unspecified atom stereocenters. The van der Waals surface area contributed by atoms with Crippen molar-refractivity contribution in [3.8, 4) is 0 Å². The average Bonchev–Trinajstić information content (AvgIpc) is 2.32. The van der Waals surface area contributed by atoms with Gasteiger partial charge in [-0.2, -0.15) is 0 Å². The van der Waals surface area contributed by atoms with E-state index in [1.54, 1.807) is 0 Å². The van der Waals surface area contributed by atoms with Gasteiger partial charge < -0.3 is 15.8 Å². The first-order chi connectivity index (χ1) is 10.2. The lowest BCUT2D eigenvalue weighted by molar-refractivity contribution is -0.119. The van der Waals surface area contributed by atoms with Crippen molar-refractivity contribution in [3.63, 3.8) is 0 Å². The molecule has 1 aliphatic rings. The van der Waals surface area contributed by atoms with E-state index in [0.717, 1.165) is 32.2 Å². The Hall–Kier alpha value is -1.30. The van der Waals surface area contributed by atoms with Gasteiger partial charge in [0.15, 0.2) is 0 Å². The van der Waals surface area contributed by atoms with Crippen molar-refractivity contribution in [1.82, 2.24) is 10.2 Å². The van der Waals surface area contributed by atoms with E-state index >= 15 is 0 Å². The number of ether oxygens (including phenoxy) is 1. The Morgan fingerprint density at radius 1 is 1.32 bits per heavy atom. The van der Waals surface area contributed by atoms with Crippen LogP contribution in [-0.2, 0) is 9.53 Å². The number of primary amides is 1. The predicted molar refractivity (Wildman–Crippen MR) is 86.4 cm³/mol. The summed E-state index contributed by atoms with van der Waals surface area (Å²) in [5.41, 5.74) is 4.80. The molecular weight excluding hydrogens is 282 g/mol. The molecule has 0 aromatic carbocycles. The maximum Gasteiger partial charge on any atom is 0.407 e. The summed E-state index contributed by atoms with van der Waals surface area (Å²) >= 11 is 0. The smallest absolute Gasteiger partial charge is 0.407 e. The van der Waals surface area contributed by atoms with Gasteiger partial charge in [0.2, 0.25) is 5.91 Å². The molecule has 0 aromatic rings.